The second-order valence-corrected chi connectivity index (χ2v) is 6.42. The van der Waals surface area contributed by atoms with Gasteiger partial charge in [-0.3, -0.25) is 10.1 Å². The van der Waals surface area contributed by atoms with Crippen molar-refractivity contribution in [3.05, 3.63) is 58.7 Å². The summed E-state index contributed by atoms with van der Waals surface area (Å²) in [5.74, 6) is 0.369. The Kier molecular flexibility index (Phi) is 4.64. The van der Waals surface area contributed by atoms with Crippen molar-refractivity contribution in [1.29, 1.82) is 0 Å². The highest BCUT2D eigenvalue weighted by Crippen LogP contribution is 2.32. The molecule has 2 heterocycles. The van der Waals surface area contributed by atoms with Crippen molar-refractivity contribution in [2.24, 2.45) is 0 Å². The number of anilines is 2. The average Bonchev–Trinajstić information content (AvgIpc) is 2.73. The van der Waals surface area contributed by atoms with Crippen LogP contribution in [0, 0.1) is 15.9 Å². The first-order valence-corrected chi connectivity index (χ1v) is 8.80. The van der Waals surface area contributed by atoms with Gasteiger partial charge in [0, 0.05) is 43.7 Å². The molecule has 9 heteroatoms. The van der Waals surface area contributed by atoms with Gasteiger partial charge in [0.05, 0.1) is 17.5 Å². The Hall–Kier alpha value is -3.49. The summed E-state index contributed by atoms with van der Waals surface area (Å²) in [5.41, 5.74) is 1.22. The van der Waals surface area contributed by atoms with Gasteiger partial charge < -0.3 is 14.5 Å². The molecule has 1 aliphatic heterocycles. The number of para-hydroxylation sites is 2. The number of fused-ring (bicyclic) bond motifs is 1. The van der Waals surface area contributed by atoms with Gasteiger partial charge in [0.25, 0.3) is 5.69 Å². The van der Waals surface area contributed by atoms with Crippen LogP contribution in [0.3, 0.4) is 0 Å². The van der Waals surface area contributed by atoms with E-state index in [0.29, 0.717) is 48.6 Å². The molecule has 0 amide bonds. The summed E-state index contributed by atoms with van der Waals surface area (Å²) in [4.78, 5) is 23.5. The smallest absolute Gasteiger partial charge is 0.292 e. The lowest BCUT2D eigenvalue weighted by atomic mass is 10.1. The molecule has 1 aliphatic rings. The number of rotatable bonds is 4. The molecule has 144 valence electrons. The lowest BCUT2D eigenvalue weighted by Crippen LogP contribution is -2.47. The molecule has 0 radical (unpaired) electrons. The minimum Gasteiger partial charge on any atom is -0.494 e. The number of aromatic nitrogens is 2. The first-order valence-electron chi connectivity index (χ1n) is 8.80. The van der Waals surface area contributed by atoms with Crippen LogP contribution >= 0.6 is 0 Å². The number of hydrogen-bond acceptors (Lipinski definition) is 7. The summed E-state index contributed by atoms with van der Waals surface area (Å²) in [7, 11) is 1.42. The van der Waals surface area contributed by atoms with E-state index in [1.807, 2.05) is 4.90 Å². The van der Waals surface area contributed by atoms with E-state index in [1.54, 1.807) is 24.3 Å². The molecule has 1 aromatic heterocycles. The number of halogens is 1. The van der Waals surface area contributed by atoms with Crippen molar-refractivity contribution in [3.8, 4) is 5.75 Å². The van der Waals surface area contributed by atoms with Crippen molar-refractivity contribution >= 4 is 28.1 Å². The van der Waals surface area contributed by atoms with Crippen LogP contribution in [0.25, 0.3) is 10.9 Å². The van der Waals surface area contributed by atoms with E-state index >= 15 is 0 Å². The molecule has 0 unspecified atom stereocenters. The van der Waals surface area contributed by atoms with Gasteiger partial charge in [-0.15, -0.1) is 0 Å². The summed E-state index contributed by atoms with van der Waals surface area (Å²) >= 11 is 0. The van der Waals surface area contributed by atoms with E-state index in [-0.39, 0.29) is 16.4 Å². The first-order chi connectivity index (χ1) is 13.6. The van der Waals surface area contributed by atoms with Crippen molar-refractivity contribution in [1.82, 2.24) is 9.97 Å². The van der Waals surface area contributed by atoms with E-state index in [0.717, 1.165) is 0 Å². The van der Waals surface area contributed by atoms with Gasteiger partial charge in [-0.05, 0) is 12.1 Å². The normalized spacial score (nSPS) is 14.4. The predicted molar refractivity (Wildman–Crippen MR) is 104 cm³/mol. The number of methoxy groups -OCH3 is 1. The van der Waals surface area contributed by atoms with Crippen LogP contribution < -0.4 is 14.5 Å². The van der Waals surface area contributed by atoms with E-state index in [9.17, 15) is 14.5 Å². The monoisotopic (exact) mass is 383 g/mol. The van der Waals surface area contributed by atoms with Gasteiger partial charge in [0.15, 0.2) is 11.6 Å². The Morgan fingerprint density at radius 1 is 1.11 bits per heavy atom. The summed E-state index contributed by atoms with van der Waals surface area (Å²) in [5, 5.41) is 12.0. The van der Waals surface area contributed by atoms with Crippen LogP contribution in [-0.4, -0.2) is 48.2 Å². The molecular formula is C19H18FN5O3. The lowest BCUT2D eigenvalue weighted by Gasteiger charge is -2.36. The van der Waals surface area contributed by atoms with Crippen molar-refractivity contribution < 1.29 is 14.1 Å². The first kappa shape index (κ1) is 17.9. The maximum atomic E-state index is 14.0. The zero-order valence-corrected chi connectivity index (χ0v) is 15.2. The molecule has 0 spiro atoms. The Morgan fingerprint density at radius 2 is 1.82 bits per heavy atom. The topological polar surface area (TPSA) is 84.6 Å². The third-order valence-electron chi connectivity index (χ3n) is 4.89. The van der Waals surface area contributed by atoms with Crippen LogP contribution in [-0.2, 0) is 0 Å². The molecule has 0 saturated carbocycles. The van der Waals surface area contributed by atoms with E-state index in [4.69, 9.17) is 4.74 Å². The molecule has 28 heavy (non-hydrogen) atoms. The Balaban J connectivity index is 1.60. The van der Waals surface area contributed by atoms with E-state index in [1.165, 1.54) is 25.6 Å². The van der Waals surface area contributed by atoms with Crippen molar-refractivity contribution in [2.75, 3.05) is 43.1 Å². The number of ether oxygens (including phenoxy) is 1. The summed E-state index contributed by atoms with van der Waals surface area (Å²) in [6.07, 6.45) is 1.41. The highest BCUT2D eigenvalue weighted by Gasteiger charge is 2.25. The number of nitro benzene ring substituents is 1. The second kappa shape index (κ2) is 7.26. The van der Waals surface area contributed by atoms with Crippen LogP contribution in [0.15, 0.2) is 42.7 Å². The fraction of sp³-hybridized carbons (Fsp3) is 0.263. The number of nitro groups is 1. The maximum absolute atomic E-state index is 14.0. The number of hydrogen-bond donors (Lipinski definition) is 0. The molecule has 0 N–H and O–H groups in total. The predicted octanol–water partition coefficient (Wildman–Crippen LogP) is 3.01. The Morgan fingerprint density at radius 3 is 2.54 bits per heavy atom. The quantitative estimate of drug-likeness (QED) is 0.506. The molecule has 0 bridgehead atoms. The second-order valence-electron chi connectivity index (χ2n) is 6.42. The molecule has 1 saturated heterocycles. The van der Waals surface area contributed by atoms with Crippen LogP contribution in [0.1, 0.15) is 0 Å². The fourth-order valence-electron chi connectivity index (χ4n) is 3.50. The fourth-order valence-corrected chi connectivity index (χ4v) is 3.50. The minimum atomic E-state index is -0.471. The third kappa shape index (κ3) is 3.15. The zero-order valence-electron chi connectivity index (χ0n) is 15.2. The molecule has 1 fully saturated rings. The summed E-state index contributed by atoms with van der Waals surface area (Å²) < 4.78 is 19.1. The van der Waals surface area contributed by atoms with Gasteiger partial charge in [-0.2, -0.15) is 0 Å². The van der Waals surface area contributed by atoms with Crippen LogP contribution in [0.2, 0.25) is 0 Å². The van der Waals surface area contributed by atoms with Crippen molar-refractivity contribution in [2.45, 2.75) is 0 Å². The molecular weight excluding hydrogens is 365 g/mol. The largest absolute Gasteiger partial charge is 0.494 e. The molecule has 3 aromatic rings. The lowest BCUT2D eigenvalue weighted by molar-refractivity contribution is -0.384. The summed E-state index contributed by atoms with van der Waals surface area (Å²) in [6.45, 7) is 2.46. The highest BCUT2D eigenvalue weighted by molar-refractivity contribution is 5.90. The molecule has 4 rings (SSSR count). The van der Waals surface area contributed by atoms with Gasteiger partial charge in [-0.25, -0.2) is 14.4 Å². The average molecular weight is 383 g/mol. The zero-order chi connectivity index (χ0) is 19.7. The highest BCUT2D eigenvalue weighted by atomic mass is 19.1. The number of benzene rings is 2. The number of piperazine rings is 1. The number of nitrogens with zero attached hydrogens (tertiary/aromatic N) is 5. The maximum Gasteiger partial charge on any atom is 0.292 e. The van der Waals surface area contributed by atoms with Gasteiger partial charge in [0.1, 0.15) is 17.8 Å². The van der Waals surface area contributed by atoms with E-state index < -0.39 is 5.82 Å². The van der Waals surface area contributed by atoms with Gasteiger partial charge in [0.2, 0.25) is 0 Å². The third-order valence-corrected chi connectivity index (χ3v) is 4.89. The minimum absolute atomic E-state index is 0.101. The summed E-state index contributed by atoms with van der Waals surface area (Å²) in [6, 6.07) is 9.68. The molecule has 8 nitrogen and oxygen atoms in total. The van der Waals surface area contributed by atoms with Crippen LogP contribution in [0.5, 0.6) is 5.75 Å². The Bertz CT molecular complexity index is 1040. The van der Waals surface area contributed by atoms with Gasteiger partial charge in [-0.1, -0.05) is 12.1 Å². The molecule has 0 atom stereocenters. The molecule has 0 aliphatic carbocycles. The standard InChI is InChI=1S/C19H18FN5O3/c1-28-18-10-13-15(11-14(18)20)21-12-22-19(13)24-8-6-23(7-9-24)16-4-2-3-5-17(16)25(26)27/h2-5,10-12H,6-9H2,1H3. The SMILES string of the molecule is COc1cc2c(N3CCN(c4ccccc4[N+](=O)[O-])CC3)ncnc2cc1F. The Labute approximate surface area is 160 Å². The van der Waals surface area contributed by atoms with Crippen molar-refractivity contribution in [3.63, 3.8) is 0 Å². The van der Waals surface area contributed by atoms with Crippen LogP contribution in [0.4, 0.5) is 21.6 Å². The molecule has 2 aromatic carbocycles. The van der Waals surface area contributed by atoms with Gasteiger partial charge >= 0.3 is 0 Å². The van der Waals surface area contributed by atoms with E-state index in [2.05, 4.69) is 14.9 Å².